The molecule has 0 heterocycles. The first-order valence-corrected chi connectivity index (χ1v) is 15.1. The summed E-state index contributed by atoms with van der Waals surface area (Å²) in [5.74, 6) is -0.293. The molecule has 0 saturated carbocycles. The van der Waals surface area contributed by atoms with Gasteiger partial charge >= 0.3 is 221 Å². The van der Waals surface area contributed by atoms with Crippen LogP contribution in [0.3, 0.4) is 0 Å². The summed E-state index contributed by atoms with van der Waals surface area (Å²) < 4.78 is 9.55. The Morgan fingerprint density at radius 2 is 1.15 bits per heavy atom. The van der Waals surface area contributed by atoms with E-state index in [0.29, 0.717) is 0 Å². The van der Waals surface area contributed by atoms with Crippen molar-refractivity contribution in [3.63, 3.8) is 0 Å². The van der Waals surface area contributed by atoms with E-state index >= 15 is 0 Å². The van der Waals surface area contributed by atoms with Gasteiger partial charge in [-0.15, -0.1) is 0 Å². The van der Waals surface area contributed by atoms with Gasteiger partial charge in [0.15, 0.2) is 0 Å². The van der Waals surface area contributed by atoms with Crippen molar-refractivity contribution in [1.82, 2.24) is 0 Å². The summed E-state index contributed by atoms with van der Waals surface area (Å²) in [6.45, 7) is 13.2. The zero-order chi connectivity index (χ0) is 24.2. The second-order valence-corrected chi connectivity index (χ2v) is 15.6. The molecular formula is C29H32I2O2. The maximum atomic E-state index is 12.8. The van der Waals surface area contributed by atoms with Crippen molar-refractivity contribution in [2.75, 3.05) is 0 Å². The van der Waals surface area contributed by atoms with E-state index in [4.69, 9.17) is 3.07 Å². The van der Waals surface area contributed by atoms with Crippen LogP contribution in [0.5, 0.6) is 0 Å². The summed E-state index contributed by atoms with van der Waals surface area (Å²) in [6, 6.07) is 25.3. The average molecular weight is 666 g/mol. The van der Waals surface area contributed by atoms with Crippen molar-refractivity contribution in [2.45, 2.75) is 52.4 Å². The predicted molar refractivity (Wildman–Crippen MR) is 156 cm³/mol. The molecule has 2 nitrogen and oxygen atoms in total. The first-order chi connectivity index (χ1) is 15.4. The number of benzene rings is 3. The van der Waals surface area contributed by atoms with Crippen LogP contribution in [0.2, 0.25) is 0 Å². The second-order valence-electron chi connectivity index (χ2n) is 10.0. The summed E-state index contributed by atoms with van der Waals surface area (Å²) in [7, 11) is 0. The van der Waals surface area contributed by atoms with E-state index in [1.807, 2.05) is 30.3 Å². The van der Waals surface area contributed by atoms with Gasteiger partial charge in [0.25, 0.3) is 0 Å². The van der Waals surface area contributed by atoms with Crippen LogP contribution < -0.4 is 0 Å². The van der Waals surface area contributed by atoms with Crippen molar-refractivity contribution in [2.24, 2.45) is 0 Å². The van der Waals surface area contributed by atoms with E-state index in [-0.39, 0.29) is 16.8 Å². The minimum atomic E-state index is -2.41. The first-order valence-electron chi connectivity index (χ1n) is 11.0. The SMILES string of the molecule is CC(C)(C)c1ccc(I(OC(=O)/C=C/c2ccc(I)cc2)c2ccc(C(C)(C)C)cc2)cc1. The molecule has 0 N–H and O–H groups in total. The molecule has 0 aliphatic rings. The fourth-order valence-corrected chi connectivity index (χ4v) is 7.38. The molecule has 0 amide bonds. The molecule has 4 heteroatoms. The molecule has 0 fully saturated rings. The molecule has 0 atom stereocenters. The van der Waals surface area contributed by atoms with E-state index in [9.17, 15) is 4.79 Å². The van der Waals surface area contributed by atoms with Crippen LogP contribution in [0, 0.1) is 10.7 Å². The number of hydrogen-bond acceptors (Lipinski definition) is 2. The number of rotatable bonds is 5. The average Bonchev–Trinajstić information content (AvgIpc) is 2.76. The molecule has 0 bridgehead atoms. The summed E-state index contributed by atoms with van der Waals surface area (Å²) in [5.41, 5.74) is 3.69. The molecule has 33 heavy (non-hydrogen) atoms. The number of hydrogen-bond donors (Lipinski definition) is 0. The monoisotopic (exact) mass is 666 g/mol. The van der Waals surface area contributed by atoms with E-state index in [1.165, 1.54) is 11.1 Å². The molecule has 3 rings (SSSR count). The van der Waals surface area contributed by atoms with Crippen LogP contribution in [0.25, 0.3) is 6.08 Å². The van der Waals surface area contributed by atoms with Gasteiger partial charge in [-0.1, -0.05) is 0 Å². The Kier molecular flexibility index (Phi) is 8.43. The Bertz CT molecular complexity index is 1040. The van der Waals surface area contributed by atoms with Gasteiger partial charge in [-0.3, -0.25) is 0 Å². The topological polar surface area (TPSA) is 26.3 Å². The molecule has 0 spiro atoms. The van der Waals surface area contributed by atoms with Crippen molar-refractivity contribution in [1.29, 1.82) is 0 Å². The molecule has 174 valence electrons. The third kappa shape index (κ3) is 7.41. The summed E-state index contributed by atoms with van der Waals surface area (Å²) in [4.78, 5) is 12.8. The Morgan fingerprint density at radius 3 is 1.55 bits per heavy atom. The second kappa shape index (κ2) is 10.7. The van der Waals surface area contributed by atoms with Gasteiger partial charge in [-0.05, 0) is 0 Å². The predicted octanol–water partition coefficient (Wildman–Crippen LogP) is 8.60. The molecule has 0 aromatic heterocycles. The Morgan fingerprint density at radius 1 is 0.727 bits per heavy atom. The number of carbonyl (C=O) groups excluding carboxylic acids is 1. The Hall–Kier alpha value is -1.67. The van der Waals surface area contributed by atoms with Gasteiger partial charge < -0.3 is 0 Å². The zero-order valence-corrected chi connectivity index (χ0v) is 24.5. The van der Waals surface area contributed by atoms with Crippen LogP contribution in [0.1, 0.15) is 58.2 Å². The van der Waals surface area contributed by atoms with Crippen LogP contribution in [-0.2, 0) is 18.7 Å². The van der Waals surface area contributed by atoms with Gasteiger partial charge in [0.2, 0.25) is 0 Å². The third-order valence-corrected chi connectivity index (χ3v) is 10.5. The van der Waals surface area contributed by atoms with E-state index < -0.39 is 20.2 Å². The Balaban J connectivity index is 1.89. The zero-order valence-electron chi connectivity index (χ0n) is 20.2. The number of carbonyl (C=O) groups is 1. The molecule has 0 unspecified atom stereocenters. The van der Waals surface area contributed by atoms with Gasteiger partial charge in [0.1, 0.15) is 0 Å². The number of halogens is 2. The fraction of sp³-hybridized carbons (Fsp3) is 0.276. The van der Waals surface area contributed by atoms with Crippen LogP contribution in [0.15, 0.2) is 78.9 Å². The van der Waals surface area contributed by atoms with Crippen LogP contribution in [-0.4, -0.2) is 5.97 Å². The van der Waals surface area contributed by atoms with Crippen molar-refractivity contribution in [3.05, 3.63) is 106 Å². The normalized spacial score (nSPS) is 12.6. The molecule has 0 aliphatic heterocycles. The molecule has 0 aliphatic carbocycles. The van der Waals surface area contributed by atoms with Crippen molar-refractivity contribution < 1.29 is 7.86 Å². The standard InChI is InChI=1S/C29H32I2O2/c1-28(2,3)22-10-16-25(17-11-22)31(26-18-12-23(13-19-26)29(4,5)6)33-27(32)20-9-21-7-14-24(30)15-8-21/h7-20H,1-6H3/b20-9+. The van der Waals surface area contributed by atoms with Gasteiger partial charge in [-0.25, -0.2) is 0 Å². The first kappa shape index (κ1) is 25.9. The molecule has 3 aromatic carbocycles. The molecule has 3 aromatic rings. The summed E-state index contributed by atoms with van der Waals surface area (Å²) in [6.07, 6.45) is 3.36. The molecule has 0 radical (unpaired) electrons. The van der Waals surface area contributed by atoms with Gasteiger partial charge in [-0.2, -0.15) is 0 Å². The fourth-order valence-electron chi connectivity index (χ4n) is 3.18. The third-order valence-electron chi connectivity index (χ3n) is 5.25. The van der Waals surface area contributed by atoms with E-state index in [2.05, 4.69) is 113 Å². The quantitative estimate of drug-likeness (QED) is 0.202. The van der Waals surface area contributed by atoms with E-state index in [1.54, 1.807) is 6.08 Å². The Labute approximate surface area is 219 Å². The molecular weight excluding hydrogens is 634 g/mol. The summed E-state index contributed by atoms with van der Waals surface area (Å²) in [5, 5.41) is 0. The van der Waals surface area contributed by atoms with Crippen molar-refractivity contribution >= 4 is 54.9 Å². The molecule has 0 saturated heterocycles. The van der Waals surface area contributed by atoms with Crippen LogP contribution >= 0.6 is 42.8 Å². The van der Waals surface area contributed by atoms with Crippen LogP contribution in [0.4, 0.5) is 0 Å². The van der Waals surface area contributed by atoms with E-state index in [0.717, 1.165) is 16.3 Å². The van der Waals surface area contributed by atoms with Gasteiger partial charge in [0.05, 0.1) is 0 Å². The minimum absolute atomic E-state index is 0.0822. The van der Waals surface area contributed by atoms with Crippen molar-refractivity contribution in [3.8, 4) is 0 Å². The maximum absolute atomic E-state index is 12.8. The summed E-state index contributed by atoms with van der Waals surface area (Å²) >= 11 is -0.142. The van der Waals surface area contributed by atoms with Gasteiger partial charge in [0, 0.05) is 0 Å².